The van der Waals surface area contributed by atoms with Crippen LogP contribution in [0.5, 0.6) is 0 Å². The fraction of sp³-hybridized carbons (Fsp3) is 0.400. The Bertz CT molecular complexity index is 147. The zero-order valence-electron chi connectivity index (χ0n) is 6.52. The van der Waals surface area contributed by atoms with E-state index >= 15 is 0 Å². The van der Waals surface area contributed by atoms with Crippen LogP contribution in [0, 0.1) is 13.8 Å². The number of aromatic nitrogens is 2. The number of nitrogens with zero attached hydrogens (tertiary/aromatic N) is 1. The average molecular weight is 136 g/mol. The van der Waals surface area contributed by atoms with Gasteiger partial charge in [-0.05, 0) is 19.4 Å². The third-order valence-electron chi connectivity index (χ3n) is 1.08. The predicted molar refractivity (Wildman–Crippen MR) is 29.2 cm³/mol. The van der Waals surface area contributed by atoms with Crippen molar-refractivity contribution in [3.8, 4) is 0 Å². The molecule has 0 aliphatic carbocycles. The predicted octanol–water partition coefficient (Wildman–Crippen LogP) is -1.86. The molecule has 40 valence electrons. The molecule has 0 atom stereocenters. The summed E-state index contributed by atoms with van der Waals surface area (Å²) in [7, 11) is 0. The third-order valence-corrected chi connectivity index (χ3v) is 1.08. The zero-order chi connectivity index (χ0) is 5.28. The topological polar surface area (TPSA) is 28.7 Å². The Morgan fingerprint density at radius 2 is 2.25 bits per heavy atom. The summed E-state index contributed by atoms with van der Waals surface area (Å²) >= 11 is 0. The molecule has 1 rings (SSSR count). The Hall–Kier alpha value is 0.846. The Morgan fingerprint density at radius 1 is 1.62 bits per heavy atom. The van der Waals surface area contributed by atoms with Crippen LogP contribution < -0.4 is 51.4 Å². The number of H-pyrrole nitrogens is 1. The van der Waals surface area contributed by atoms with E-state index in [1.54, 1.807) is 0 Å². The van der Waals surface area contributed by atoms with Crippen LogP contribution in [0.1, 0.15) is 12.7 Å². The molecule has 0 unspecified atom stereocenters. The molecule has 1 aromatic rings. The summed E-state index contributed by atoms with van der Waals surface area (Å²) < 4.78 is 0. The number of hydrogen-bond donors (Lipinski definition) is 1. The van der Waals surface area contributed by atoms with Gasteiger partial charge in [0.1, 0.15) is 0 Å². The molecule has 8 heavy (non-hydrogen) atoms. The second-order valence-corrected chi connectivity index (χ2v) is 1.68. The van der Waals surface area contributed by atoms with E-state index in [0.29, 0.717) is 0 Å². The minimum Gasteiger partial charge on any atom is -1.00 e. The molecule has 1 heterocycles. The maximum Gasteiger partial charge on any atom is 1.00 e. The van der Waals surface area contributed by atoms with Gasteiger partial charge in [0, 0.05) is 5.69 Å². The first-order valence-electron chi connectivity index (χ1n) is 2.27. The van der Waals surface area contributed by atoms with Crippen LogP contribution in [0.4, 0.5) is 0 Å². The van der Waals surface area contributed by atoms with Crippen LogP contribution in [-0.4, -0.2) is 10.2 Å². The molecular weight excluding hydrogens is 127 g/mol. The molecule has 0 spiro atoms. The molecule has 0 bridgehead atoms. The molecule has 0 aromatic carbocycles. The molecule has 0 saturated heterocycles. The normalized spacial score (nSPS) is 8.25. The number of nitrogens with one attached hydrogen (secondary N) is 1. The van der Waals surface area contributed by atoms with E-state index in [1.807, 2.05) is 20.0 Å². The molecule has 0 fully saturated rings. The monoisotopic (exact) mass is 136 g/mol. The average Bonchev–Trinajstić information content (AvgIpc) is 1.91. The fourth-order valence-corrected chi connectivity index (χ4v) is 0.411. The van der Waals surface area contributed by atoms with E-state index in [-0.39, 0.29) is 52.8 Å². The second-order valence-electron chi connectivity index (χ2n) is 1.68. The molecule has 1 aromatic heterocycles. The van der Waals surface area contributed by atoms with Crippen LogP contribution in [0.2, 0.25) is 0 Å². The van der Waals surface area contributed by atoms with Crippen LogP contribution in [-0.2, 0) is 0 Å². The first kappa shape index (κ1) is 8.85. The third kappa shape index (κ3) is 1.99. The Labute approximate surface area is 93.0 Å². The van der Waals surface area contributed by atoms with Gasteiger partial charge in [0.05, 0.1) is 6.20 Å². The number of aryl methyl sites for hydroxylation is 2. The van der Waals surface area contributed by atoms with E-state index in [4.69, 9.17) is 0 Å². The van der Waals surface area contributed by atoms with E-state index in [1.165, 1.54) is 5.56 Å². The molecule has 0 amide bonds. The summed E-state index contributed by atoms with van der Waals surface area (Å²) in [5.41, 5.74) is 2.38. The van der Waals surface area contributed by atoms with Crippen molar-refractivity contribution < 1.29 is 52.8 Å². The zero-order valence-corrected chi connectivity index (χ0v) is 8.65. The van der Waals surface area contributed by atoms with Gasteiger partial charge in [0.25, 0.3) is 0 Å². The summed E-state index contributed by atoms with van der Waals surface area (Å²) in [5.74, 6) is 0. The standard InChI is InChI=1S/C5H8N2.K.H/c1-4-3-6-7-5(4)2;;/h3H,1-2H3,(H,6,7);;/q;+1;-1. The van der Waals surface area contributed by atoms with Crippen molar-refractivity contribution in [2.45, 2.75) is 13.8 Å². The SMILES string of the molecule is Cc1cn[nH]c1C.[H-].[K+]. The van der Waals surface area contributed by atoms with Crippen LogP contribution in [0.15, 0.2) is 6.20 Å². The first-order valence-corrected chi connectivity index (χ1v) is 2.27. The summed E-state index contributed by atoms with van der Waals surface area (Å²) in [4.78, 5) is 0. The Balaban J connectivity index is 0. The van der Waals surface area contributed by atoms with Crippen molar-refractivity contribution in [3.63, 3.8) is 0 Å². The molecule has 0 aliphatic heterocycles. The van der Waals surface area contributed by atoms with Gasteiger partial charge >= 0.3 is 51.4 Å². The Morgan fingerprint density at radius 3 is 2.38 bits per heavy atom. The number of rotatable bonds is 0. The fourth-order valence-electron chi connectivity index (χ4n) is 0.411. The minimum absolute atomic E-state index is 0. The van der Waals surface area contributed by atoms with Crippen LogP contribution in [0.25, 0.3) is 0 Å². The molecular formula is C5H9KN2. The van der Waals surface area contributed by atoms with E-state index in [0.717, 1.165) is 5.69 Å². The maximum atomic E-state index is 3.80. The van der Waals surface area contributed by atoms with Crippen molar-refractivity contribution >= 4 is 0 Å². The van der Waals surface area contributed by atoms with Crippen LogP contribution >= 0.6 is 0 Å². The number of aromatic amines is 1. The van der Waals surface area contributed by atoms with Crippen molar-refractivity contribution in [2.75, 3.05) is 0 Å². The van der Waals surface area contributed by atoms with Gasteiger partial charge in [0.15, 0.2) is 0 Å². The molecule has 2 nitrogen and oxygen atoms in total. The van der Waals surface area contributed by atoms with Gasteiger partial charge in [-0.1, -0.05) is 0 Å². The van der Waals surface area contributed by atoms with Gasteiger partial charge in [-0.2, -0.15) is 5.10 Å². The van der Waals surface area contributed by atoms with Crippen molar-refractivity contribution in [3.05, 3.63) is 17.5 Å². The minimum atomic E-state index is 0. The number of hydrogen-bond acceptors (Lipinski definition) is 1. The summed E-state index contributed by atoms with van der Waals surface area (Å²) in [6, 6.07) is 0. The van der Waals surface area contributed by atoms with Gasteiger partial charge in [0.2, 0.25) is 0 Å². The first-order chi connectivity index (χ1) is 3.30. The summed E-state index contributed by atoms with van der Waals surface area (Å²) in [6.45, 7) is 4.03. The van der Waals surface area contributed by atoms with Gasteiger partial charge in [-0.3, -0.25) is 5.10 Å². The van der Waals surface area contributed by atoms with E-state index in [2.05, 4.69) is 10.2 Å². The molecule has 3 heteroatoms. The van der Waals surface area contributed by atoms with Crippen molar-refractivity contribution in [2.24, 2.45) is 0 Å². The largest absolute Gasteiger partial charge is 1.00 e. The summed E-state index contributed by atoms with van der Waals surface area (Å²) in [5, 5.41) is 6.61. The molecule has 0 saturated carbocycles. The van der Waals surface area contributed by atoms with Gasteiger partial charge in [-0.25, -0.2) is 0 Å². The van der Waals surface area contributed by atoms with Crippen molar-refractivity contribution in [1.29, 1.82) is 0 Å². The molecule has 0 aliphatic rings. The molecule has 0 radical (unpaired) electrons. The van der Waals surface area contributed by atoms with Gasteiger partial charge in [-0.15, -0.1) is 0 Å². The summed E-state index contributed by atoms with van der Waals surface area (Å²) in [6.07, 6.45) is 1.81. The quantitative estimate of drug-likeness (QED) is 0.416. The molecule has 1 N–H and O–H groups in total. The maximum absolute atomic E-state index is 3.80. The van der Waals surface area contributed by atoms with Gasteiger partial charge < -0.3 is 1.43 Å². The smallest absolute Gasteiger partial charge is 1.00 e. The second kappa shape index (κ2) is 3.79. The Kier molecular flexibility index (Phi) is 4.19. The van der Waals surface area contributed by atoms with Crippen molar-refractivity contribution in [1.82, 2.24) is 10.2 Å². The van der Waals surface area contributed by atoms with E-state index < -0.39 is 0 Å². The van der Waals surface area contributed by atoms with Crippen LogP contribution in [0.3, 0.4) is 0 Å². The van der Waals surface area contributed by atoms with E-state index in [9.17, 15) is 0 Å².